The maximum Gasteiger partial charge on any atom is 0.323 e. The van der Waals surface area contributed by atoms with Crippen LogP contribution < -0.4 is 16.0 Å². The Kier molecular flexibility index (Phi) is 8.04. The molecule has 0 saturated heterocycles. The largest absolute Gasteiger partial charge is 0.386 e. The monoisotopic (exact) mass is 479 g/mol. The van der Waals surface area contributed by atoms with Crippen LogP contribution in [0.15, 0.2) is 85.5 Å². The lowest BCUT2D eigenvalue weighted by Crippen LogP contribution is -2.19. The molecule has 180 valence electrons. The molecule has 2 aromatic carbocycles. The van der Waals surface area contributed by atoms with Gasteiger partial charge in [0.15, 0.2) is 0 Å². The number of hydrogen-bond donors (Lipinski definition) is 3. The van der Waals surface area contributed by atoms with Crippen LogP contribution in [0.2, 0.25) is 0 Å². The van der Waals surface area contributed by atoms with E-state index in [4.69, 9.17) is 10.00 Å². The minimum absolute atomic E-state index is 0.345. The number of imidazole rings is 1. The van der Waals surface area contributed by atoms with E-state index in [0.29, 0.717) is 30.2 Å². The summed E-state index contributed by atoms with van der Waals surface area (Å²) in [5, 5.41) is 17.8. The van der Waals surface area contributed by atoms with Crippen LogP contribution in [-0.2, 0) is 18.0 Å². The van der Waals surface area contributed by atoms with Crippen molar-refractivity contribution in [3.05, 3.63) is 108 Å². The first-order valence-electron chi connectivity index (χ1n) is 11.2. The van der Waals surface area contributed by atoms with Crippen molar-refractivity contribution in [3.63, 3.8) is 0 Å². The van der Waals surface area contributed by atoms with Crippen LogP contribution in [0.5, 0.6) is 0 Å². The van der Waals surface area contributed by atoms with Crippen LogP contribution >= 0.6 is 0 Å². The first kappa shape index (κ1) is 24.2. The summed E-state index contributed by atoms with van der Waals surface area (Å²) in [5.41, 5.74) is 4.38. The Morgan fingerprint density at radius 1 is 1.03 bits per heavy atom. The molecule has 2 aromatic heterocycles. The number of nitriles is 1. The summed E-state index contributed by atoms with van der Waals surface area (Å²) >= 11 is 0. The lowest BCUT2D eigenvalue weighted by molar-refractivity contribution is 0.101. The molecule has 0 unspecified atom stereocenters. The second kappa shape index (κ2) is 12.0. The number of rotatable bonds is 9. The topological polar surface area (TPSA) is 117 Å². The van der Waals surface area contributed by atoms with Crippen LogP contribution in [0.25, 0.3) is 11.9 Å². The van der Waals surface area contributed by atoms with Gasteiger partial charge in [-0.25, -0.2) is 9.78 Å². The molecular formula is C27H25N7O2. The van der Waals surface area contributed by atoms with Crippen LogP contribution in [0.3, 0.4) is 0 Å². The number of nitrogens with zero attached hydrogens (tertiary/aromatic N) is 4. The summed E-state index contributed by atoms with van der Waals surface area (Å²) < 4.78 is 7.72. The molecule has 0 fully saturated rings. The first-order valence-corrected chi connectivity index (χ1v) is 11.2. The molecule has 0 bridgehead atoms. The zero-order valence-electron chi connectivity index (χ0n) is 19.7. The highest BCUT2D eigenvalue weighted by Crippen LogP contribution is 2.19. The number of nitrogens with one attached hydrogen (secondary N) is 3. The van der Waals surface area contributed by atoms with E-state index in [-0.39, 0.29) is 0 Å². The predicted molar refractivity (Wildman–Crippen MR) is 138 cm³/mol. The summed E-state index contributed by atoms with van der Waals surface area (Å²) in [7, 11) is 1.83. The van der Waals surface area contributed by atoms with Gasteiger partial charge in [-0.05, 0) is 48.0 Å². The maximum absolute atomic E-state index is 12.5. The Morgan fingerprint density at radius 3 is 2.53 bits per heavy atom. The highest BCUT2D eigenvalue weighted by molar-refractivity contribution is 6.00. The number of hydrogen-bond acceptors (Lipinski definition) is 6. The second-order valence-corrected chi connectivity index (χ2v) is 7.74. The standard InChI is InChI=1S/C27H25N7O2/c1-29-25(17-34-13-12-31-26(34)19-36-18-20-8-10-30-11-9-20)22-5-3-7-24(15-22)33-27(35)32-23-6-2-4-21(14-23)16-28/h2-15,17,29H,18-19H2,1H3,(H2,32,33,35)/b25-17-. The van der Waals surface area contributed by atoms with E-state index in [2.05, 4.69) is 32.0 Å². The maximum atomic E-state index is 12.5. The van der Waals surface area contributed by atoms with E-state index < -0.39 is 6.03 Å². The van der Waals surface area contributed by atoms with Gasteiger partial charge < -0.3 is 25.3 Å². The minimum atomic E-state index is -0.402. The normalized spacial score (nSPS) is 10.9. The fourth-order valence-electron chi connectivity index (χ4n) is 3.46. The predicted octanol–water partition coefficient (Wildman–Crippen LogP) is 4.69. The Hall–Kier alpha value is -4.94. The van der Waals surface area contributed by atoms with Gasteiger partial charge in [0.1, 0.15) is 12.4 Å². The molecule has 3 N–H and O–H groups in total. The van der Waals surface area contributed by atoms with Crippen molar-refractivity contribution >= 4 is 29.3 Å². The SMILES string of the molecule is CN/C(=C\n1ccnc1COCc1ccncc1)c1cccc(NC(=O)Nc2cccc(C#N)c2)c1. The van der Waals surface area contributed by atoms with E-state index in [9.17, 15) is 4.79 Å². The lowest BCUT2D eigenvalue weighted by atomic mass is 10.1. The minimum Gasteiger partial charge on any atom is -0.386 e. The first-order chi connectivity index (χ1) is 17.6. The molecule has 2 amide bonds. The quantitative estimate of drug-likeness (QED) is 0.321. The molecule has 0 aliphatic rings. The Labute approximate surface area is 209 Å². The second-order valence-electron chi connectivity index (χ2n) is 7.74. The van der Waals surface area contributed by atoms with Crippen LogP contribution in [-0.4, -0.2) is 27.6 Å². The van der Waals surface area contributed by atoms with Crippen LogP contribution in [0, 0.1) is 11.3 Å². The van der Waals surface area contributed by atoms with Gasteiger partial charge in [0.25, 0.3) is 0 Å². The Morgan fingerprint density at radius 2 is 1.78 bits per heavy atom. The fourth-order valence-corrected chi connectivity index (χ4v) is 3.46. The third kappa shape index (κ3) is 6.56. The van der Waals surface area contributed by atoms with Crippen molar-refractivity contribution in [2.45, 2.75) is 13.2 Å². The molecule has 0 aliphatic carbocycles. The van der Waals surface area contributed by atoms with Crippen molar-refractivity contribution in [2.75, 3.05) is 17.7 Å². The van der Waals surface area contributed by atoms with E-state index >= 15 is 0 Å². The van der Waals surface area contributed by atoms with Gasteiger partial charge in [0.05, 0.1) is 23.9 Å². The zero-order chi connectivity index (χ0) is 25.2. The number of carbonyl (C=O) groups excluding carboxylic acids is 1. The van der Waals surface area contributed by atoms with Gasteiger partial charge >= 0.3 is 6.03 Å². The average Bonchev–Trinajstić information content (AvgIpc) is 3.35. The molecule has 0 atom stereocenters. The molecule has 4 rings (SSSR count). The summed E-state index contributed by atoms with van der Waals surface area (Å²) in [6.45, 7) is 0.812. The molecule has 0 spiro atoms. The number of ether oxygens (including phenoxy) is 1. The van der Waals surface area contributed by atoms with Crippen molar-refractivity contribution in [1.29, 1.82) is 5.26 Å². The van der Waals surface area contributed by atoms with E-state index in [0.717, 1.165) is 22.6 Å². The van der Waals surface area contributed by atoms with Crippen molar-refractivity contribution in [2.24, 2.45) is 0 Å². The van der Waals surface area contributed by atoms with Gasteiger partial charge in [-0.2, -0.15) is 5.26 Å². The van der Waals surface area contributed by atoms with Gasteiger partial charge in [0.2, 0.25) is 0 Å². The van der Waals surface area contributed by atoms with Crippen molar-refractivity contribution in [3.8, 4) is 6.07 Å². The molecule has 9 heteroatoms. The van der Waals surface area contributed by atoms with E-state index in [1.807, 2.05) is 54.3 Å². The molecular weight excluding hydrogens is 454 g/mol. The van der Waals surface area contributed by atoms with Crippen molar-refractivity contribution in [1.82, 2.24) is 19.9 Å². The number of benzene rings is 2. The number of pyridine rings is 1. The van der Waals surface area contributed by atoms with Crippen LogP contribution in [0.1, 0.15) is 22.5 Å². The molecule has 36 heavy (non-hydrogen) atoms. The third-order valence-corrected chi connectivity index (χ3v) is 5.22. The van der Waals surface area contributed by atoms with Crippen molar-refractivity contribution < 1.29 is 9.53 Å². The molecule has 2 heterocycles. The Bertz CT molecular complexity index is 1390. The summed E-state index contributed by atoms with van der Waals surface area (Å²) in [5.74, 6) is 0.755. The molecule has 4 aromatic rings. The fraction of sp³-hybridized carbons (Fsp3) is 0.111. The zero-order valence-corrected chi connectivity index (χ0v) is 19.7. The van der Waals surface area contributed by atoms with E-state index in [1.54, 1.807) is 48.9 Å². The molecule has 0 aliphatic heterocycles. The van der Waals surface area contributed by atoms with Gasteiger partial charge in [0, 0.05) is 55.0 Å². The number of anilines is 2. The Balaban J connectivity index is 1.43. The lowest BCUT2D eigenvalue weighted by Gasteiger charge is -2.12. The number of amides is 2. The highest BCUT2D eigenvalue weighted by atomic mass is 16.5. The average molecular weight is 480 g/mol. The molecule has 0 saturated carbocycles. The van der Waals surface area contributed by atoms with Gasteiger partial charge in [-0.1, -0.05) is 18.2 Å². The number of aromatic nitrogens is 3. The number of urea groups is 1. The molecule has 9 nitrogen and oxygen atoms in total. The summed E-state index contributed by atoms with van der Waals surface area (Å²) in [4.78, 5) is 20.9. The molecule has 0 radical (unpaired) electrons. The van der Waals surface area contributed by atoms with Gasteiger partial charge in [-0.3, -0.25) is 4.98 Å². The smallest absolute Gasteiger partial charge is 0.323 e. The number of carbonyl (C=O) groups is 1. The van der Waals surface area contributed by atoms with Gasteiger partial charge in [-0.15, -0.1) is 0 Å². The van der Waals surface area contributed by atoms with Crippen LogP contribution in [0.4, 0.5) is 16.2 Å². The van der Waals surface area contributed by atoms with E-state index in [1.165, 1.54) is 0 Å². The third-order valence-electron chi connectivity index (χ3n) is 5.22. The summed E-state index contributed by atoms with van der Waals surface area (Å²) in [6.07, 6.45) is 8.97. The highest BCUT2D eigenvalue weighted by Gasteiger charge is 2.08. The summed E-state index contributed by atoms with van der Waals surface area (Å²) in [6, 6.07) is 19.7.